The van der Waals surface area contributed by atoms with Gasteiger partial charge in [0.1, 0.15) is 6.10 Å². The summed E-state index contributed by atoms with van der Waals surface area (Å²) in [6, 6.07) is 0.389. The van der Waals surface area contributed by atoms with Crippen molar-refractivity contribution >= 4 is 5.97 Å². The molecule has 0 saturated carbocycles. The Balaban J connectivity index is 1.98. The standard InChI is InChI=1S/C9H15NO3/c1-5(11)13-9-4-7-8(12)3-2-6(9)10-7/h6-10,12H,2-4H2,1H3/t6-,7-,8+,9+/m1/s1. The predicted octanol–water partition coefficient (Wildman–Crippen LogP) is -0.197. The van der Waals surface area contributed by atoms with Crippen LogP contribution in [0, 0.1) is 0 Å². The number of esters is 1. The zero-order chi connectivity index (χ0) is 9.42. The lowest BCUT2D eigenvalue weighted by atomic mass is 10.0. The van der Waals surface area contributed by atoms with Crippen LogP contribution < -0.4 is 5.32 Å². The van der Waals surface area contributed by atoms with Crippen LogP contribution in [0.2, 0.25) is 0 Å². The van der Waals surface area contributed by atoms with Gasteiger partial charge in [0.25, 0.3) is 0 Å². The number of rotatable bonds is 1. The normalized spacial score (nSPS) is 43.2. The van der Waals surface area contributed by atoms with Crippen molar-refractivity contribution in [2.45, 2.75) is 50.5 Å². The van der Waals surface area contributed by atoms with Crippen LogP contribution in [0.4, 0.5) is 0 Å². The maximum Gasteiger partial charge on any atom is 0.302 e. The summed E-state index contributed by atoms with van der Waals surface area (Å²) in [7, 11) is 0. The molecule has 0 spiro atoms. The van der Waals surface area contributed by atoms with Crippen molar-refractivity contribution in [1.82, 2.24) is 5.32 Å². The number of aliphatic hydroxyl groups excluding tert-OH is 1. The molecule has 74 valence electrons. The topological polar surface area (TPSA) is 58.6 Å². The van der Waals surface area contributed by atoms with Crippen molar-refractivity contribution in [2.75, 3.05) is 0 Å². The van der Waals surface area contributed by atoms with Crippen molar-refractivity contribution in [2.24, 2.45) is 0 Å². The average molecular weight is 185 g/mol. The van der Waals surface area contributed by atoms with Crippen LogP contribution in [0.1, 0.15) is 26.2 Å². The molecule has 2 heterocycles. The van der Waals surface area contributed by atoms with Gasteiger partial charge in [0.15, 0.2) is 0 Å². The van der Waals surface area contributed by atoms with Crippen molar-refractivity contribution in [1.29, 1.82) is 0 Å². The van der Waals surface area contributed by atoms with Gasteiger partial charge in [-0.25, -0.2) is 0 Å². The molecule has 4 nitrogen and oxygen atoms in total. The Morgan fingerprint density at radius 3 is 2.85 bits per heavy atom. The fraction of sp³-hybridized carbons (Fsp3) is 0.889. The molecule has 0 aromatic heterocycles. The quantitative estimate of drug-likeness (QED) is 0.556. The Labute approximate surface area is 77.3 Å². The Morgan fingerprint density at radius 2 is 2.23 bits per heavy atom. The second-order valence-corrected chi connectivity index (χ2v) is 3.91. The molecular formula is C9H15NO3. The lowest BCUT2D eigenvalue weighted by molar-refractivity contribution is -0.146. The van der Waals surface area contributed by atoms with E-state index in [1.807, 2.05) is 0 Å². The SMILES string of the molecule is CC(=O)O[C@H]1C[C@H]2N[C@@H]1CC[C@@H]2O. The van der Waals surface area contributed by atoms with Crippen LogP contribution in [-0.4, -0.2) is 35.4 Å². The van der Waals surface area contributed by atoms with Gasteiger partial charge in [-0.2, -0.15) is 0 Å². The summed E-state index contributed by atoms with van der Waals surface area (Å²) in [5.74, 6) is -0.228. The maximum absolute atomic E-state index is 10.8. The summed E-state index contributed by atoms with van der Waals surface area (Å²) in [6.07, 6.45) is 2.18. The van der Waals surface area contributed by atoms with Gasteiger partial charge < -0.3 is 15.2 Å². The van der Waals surface area contributed by atoms with E-state index in [1.54, 1.807) is 0 Å². The van der Waals surface area contributed by atoms with Crippen molar-refractivity contribution in [3.05, 3.63) is 0 Å². The van der Waals surface area contributed by atoms with Gasteiger partial charge in [0.05, 0.1) is 6.10 Å². The van der Waals surface area contributed by atoms with E-state index in [9.17, 15) is 9.90 Å². The first-order chi connectivity index (χ1) is 6.16. The number of ether oxygens (including phenoxy) is 1. The van der Waals surface area contributed by atoms with E-state index in [0.717, 1.165) is 19.3 Å². The van der Waals surface area contributed by atoms with E-state index in [0.29, 0.717) is 0 Å². The minimum Gasteiger partial charge on any atom is -0.461 e. The fourth-order valence-corrected chi connectivity index (χ4v) is 2.30. The predicted molar refractivity (Wildman–Crippen MR) is 46.1 cm³/mol. The summed E-state index contributed by atoms with van der Waals surface area (Å²) in [4.78, 5) is 10.8. The van der Waals surface area contributed by atoms with Crippen molar-refractivity contribution in [3.8, 4) is 0 Å². The molecule has 2 rings (SSSR count). The zero-order valence-corrected chi connectivity index (χ0v) is 7.69. The Bertz CT molecular complexity index is 219. The molecular weight excluding hydrogens is 170 g/mol. The number of nitrogens with one attached hydrogen (secondary N) is 1. The van der Waals surface area contributed by atoms with E-state index in [2.05, 4.69) is 5.32 Å². The van der Waals surface area contributed by atoms with E-state index in [4.69, 9.17) is 4.74 Å². The summed E-state index contributed by atoms with van der Waals surface area (Å²) in [5, 5.41) is 12.8. The summed E-state index contributed by atoms with van der Waals surface area (Å²) < 4.78 is 5.16. The molecule has 0 amide bonds. The molecule has 2 aliphatic heterocycles. The Morgan fingerprint density at radius 1 is 1.46 bits per heavy atom. The highest BCUT2D eigenvalue weighted by atomic mass is 16.5. The molecule has 13 heavy (non-hydrogen) atoms. The second kappa shape index (κ2) is 3.27. The lowest BCUT2D eigenvalue weighted by Crippen LogP contribution is -2.44. The maximum atomic E-state index is 10.8. The second-order valence-electron chi connectivity index (χ2n) is 3.91. The highest BCUT2D eigenvalue weighted by Crippen LogP contribution is 2.29. The monoisotopic (exact) mass is 185 g/mol. The third-order valence-electron chi connectivity index (χ3n) is 2.92. The van der Waals surface area contributed by atoms with Gasteiger partial charge >= 0.3 is 5.97 Å². The molecule has 0 unspecified atom stereocenters. The van der Waals surface area contributed by atoms with Crippen LogP contribution in [-0.2, 0) is 9.53 Å². The van der Waals surface area contributed by atoms with Gasteiger partial charge in [0.2, 0.25) is 0 Å². The first kappa shape index (κ1) is 8.97. The van der Waals surface area contributed by atoms with Gasteiger partial charge in [0, 0.05) is 25.4 Å². The number of carbonyl (C=O) groups is 1. The minimum atomic E-state index is -0.267. The zero-order valence-electron chi connectivity index (χ0n) is 7.69. The van der Waals surface area contributed by atoms with Crippen molar-refractivity contribution in [3.63, 3.8) is 0 Å². The highest BCUT2D eigenvalue weighted by molar-refractivity contribution is 5.66. The number of hydrogen-bond donors (Lipinski definition) is 2. The first-order valence-corrected chi connectivity index (χ1v) is 4.78. The first-order valence-electron chi connectivity index (χ1n) is 4.78. The van der Waals surface area contributed by atoms with Gasteiger partial charge in [-0.05, 0) is 12.8 Å². The molecule has 0 aromatic carbocycles. The summed E-state index contributed by atoms with van der Waals surface area (Å²) in [6.45, 7) is 1.43. The summed E-state index contributed by atoms with van der Waals surface area (Å²) >= 11 is 0. The Hall–Kier alpha value is -0.610. The lowest BCUT2D eigenvalue weighted by Gasteiger charge is -2.26. The number of fused-ring (bicyclic) bond motifs is 2. The smallest absolute Gasteiger partial charge is 0.302 e. The number of hydrogen-bond acceptors (Lipinski definition) is 4. The summed E-state index contributed by atoms with van der Waals surface area (Å²) in [5.41, 5.74) is 0. The number of aliphatic hydroxyl groups is 1. The largest absolute Gasteiger partial charge is 0.461 e. The molecule has 0 aliphatic carbocycles. The van der Waals surface area contributed by atoms with Crippen LogP contribution in [0.15, 0.2) is 0 Å². The van der Waals surface area contributed by atoms with Gasteiger partial charge in [-0.1, -0.05) is 0 Å². The van der Waals surface area contributed by atoms with E-state index < -0.39 is 0 Å². The molecule has 2 N–H and O–H groups in total. The minimum absolute atomic E-state index is 0.0281. The fourth-order valence-electron chi connectivity index (χ4n) is 2.30. The van der Waals surface area contributed by atoms with Gasteiger partial charge in [-0.3, -0.25) is 4.79 Å². The molecule has 2 aliphatic rings. The molecule has 0 radical (unpaired) electrons. The molecule has 2 saturated heterocycles. The number of carbonyl (C=O) groups excluding carboxylic acids is 1. The molecule has 2 bridgehead atoms. The molecule has 0 aromatic rings. The third kappa shape index (κ3) is 1.69. The van der Waals surface area contributed by atoms with Crippen molar-refractivity contribution < 1.29 is 14.6 Å². The van der Waals surface area contributed by atoms with E-state index in [1.165, 1.54) is 6.92 Å². The third-order valence-corrected chi connectivity index (χ3v) is 2.92. The molecule has 4 atom stereocenters. The van der Waals surface area contributed by atoms with E-state index >= 15 is 0 Å². The highest BCUT2D eigenvalue weighted by Gasteiger charge is 2.42. The van der Waals surface area contributed by atoms with Gasteiger partial charge in [-0.15, -0.1) is 0 Å². The average Bonchev–Trinajstić information content (AvgIpc) is 2.37. The van der Waals surface area contributed by atoms with Crippen LogP contribution >= 0.6 is 0 Å². The molecule has 4 heteroatoms. The molecule has 2 fully saturated rings. The van der Waals surface area contributed by atoms with Crippen LogP contribution in [0.5, 0.6) is 0 Å². The Kier molecular flexibility index (Phi) is 2.26. The number of piperidine rings is 1. The van der Waals surface area contributed by atoms with Crippen LogP contribution in [0.3, 0.4) is 0 Å². The van der Waals surface area contributed by atoms with E-state index in [-0.39, 0.29) is 30.3 Å². The van der Waals surface area contributed by atoms with Crippen LogP contribution in [0.25, 0.3) is 0 Å².